The summed E-state index contributed by atoms with van der Waals surface area (Å²) < 4.78 is 0. The summed E-state index contributed by atoms with van der Waals surface area (Å²) in [5.74, 6) is 0.485. The summed E-state index contributed by atoms with van der Waals surface area (Å²) in [4.78, 5) is 22.1. The van der Waals surface area contributed by atoms with Gasteiger partial charge in [-0.2, -0.15) is 0 Å². The van der Waals surface area contributed by atoms with E-state index in [9.17, 15) is 4.79 Å². The highest BCUT2D eigenvalue weighted by molar-refractivity contribution is 7.98. The number of hydrogen-bond donors (Lipinski definition) is 2. The first-order valence-electron chi connectivity index (χ1n) is 7.25. The predicted octanol–water partition coefficient (Wildman–Crippen LogP) is 4.56. The Hall–Kier alpha value is -2.38. The molecular formula is C17H16N4OS2. The first kappa shape index (κ1) is 16.5. The number of thioether (sulfide) groups is 1. The third kappa shape index (κ3) is 4.12. The number of aromatic nitrogens is 2. The van der Waals surface area contributed by atoms with E-state index < -0.39 is 0 Å². The Morgan fingerprint density at radius 3 is 2.79 bits per heavy atom. The monoisotopic (exact) mass is 356 g/mol. The summed E-state index contributed by atoms with van der Waals surface area (Å²) >= 11 is 3.00. The third-order valence-electron chi connectivity index (χ3n) is 3.19. The minimum Gasteiger partial charge on any atom is -0.321 e. The molecule has 3 aromatic rings. The zero-order valence-corrected chi connectivity index (χ0v) is 14.9. The van der Waals surface area contributed by atoms with Crippen LogP contribution in [0, 0.1) is 6.92 Å². The Labute approximate surface area is 148 Å². The van der Waals surface area contributed by atoms with Crippen molar-refractivity contribution in [3.05, 3.63) is 59.2 Å². The molecule has 0 radical (unpaired) electrons. The van der Waals surface area contributed by atoms with E-state index >= 15 is 0 Å². The zero-order valence-electron chi connectivity index (χ0n) is 13.2. The van der Waals surface area contributed by atoms with Gasteiger partial charge in [0.25, 0.3) is 5.91 Å². The molecule has 2 N–H and O–H groups in total. The van der Waals surface area contributed by atoms with Crippen LogP contribution in [0.4, 0.5) is 16.6 Å². The van der Waals surface area contributed by atoms with Crippen LogP contribution in [0.3, 0.4) is 0 Å². The molecule has 1 aromatic carbocycles. The lowest BCUT2D eigenvalue weighted by Crippen LogP contribution is -2.12. The predicted molar refractivity (Wildman–Crippen MR) is 101 cm³/mol. The molecular weight excluding hydrogens is 340 g/mol. The van der Waals surface area contributed by atoms with E-state index in [1.807, 2.05) is 55.6 Å². The summed E-state index contributed by atoms with van der Waals surface area (Å²) in [7, 11) is 0. The van der Waals surface area contributed by atoms with Crippen LogP contribution in [0.2, 0.25) is 0 Å². The zero-order chi connectivity index (χ0) is 16.9. The van der Waals surface area contributed by atoms with Crippen LogP contribution in [0.15, 0.2) is 52.7 Å². The van der Waals surface area contributed by atoms with Crippen LogP contribution in [0.25, 0.3) is 0 Å². The maximum atomic E-state index is 12.3. The number of rotatable bonds is 5. The number of benzene rings is 1. The van der Waals surface area contributed by atoms with Gasteiger partial charge in [0, 0.05) is 21.7 Å². The van der Waals surface area contributed by atoms with Crippen LogP contribution < -0.4 is 10.6 Å². The minimum absolute atomic E-state index is 0.227. The van der Waals surface area contributed by atoms with Crippen LogP contribution in [0.1, 0.15) is 16.2 Å². The van der Waals surface area contributed by atoms with Crippen molar-refractivity contribution in [2.75, 3.05) is 16.9 Å². The van der Waals surface area contributed by atoms with E-state index in [0.717, 1.165) is 16.3 Å². The Morgan fingerprint density at radius 1 is 1.17 bits per heavy atom. The largest absolute Gasteiger partial charge is 0.321 e. The number of nitrogens with one attached hydrogen (secondary N) is 2. The van der Waals surface area contributed by atoms with Crippen LogP contribution in [-0.2, 0) is 0 Å². The fourth-order valence-corrected chi connectivity index (χ4v) is 3.21. The molecule has 7 heteroatoms. The van der Waals surface area contributed by atoms with Crippen LogP contribution in [0.5, 0.6) is 0 Å². The number of anilines is 3. The number of aryl methyl sites for hydroxylation is 1. The second-order valence-electron chi connectivity index (χ2n) is 5.01. The van der Waals surface area contributed by atoms with E-state index in [0.29, 0.717) is 16.6 Å². The standard InChI is InChI=1S/C17H16N4OS2/c1-11-5-3-8-15(18-11)21-17-20-14(10-24-17)16(22)19-12-6-4-7-13(9-12)23-2/h3-10H,1-2H3,(H,19,22)(H,18,20,21). The number of hydrogen-bond acceptors (Lipinski definition) is 6. The normalized spacial score (nSPS) is 10.4. The smallest absolute Gasteiger partial charge is 0.275 e. The molecule has 0 fully saturated rings. The molecule has 5 nitrogen and oxygen atoms in total. The highest BCUT2D eigenvalue weighted by Crippen LogP contribution is 2.22. The van der Waals surface area contributed by atoms with Gasteiger partial charge in [-0.3, -0.25) is 4.79 Å². The van der Waals surface area contributed by atoms with Crippen molar-refractivity contribution >= 4 is 45.6 Å². The Balaban J connectivity index is 1.69. The van der Waals surface area contributed by atoms with Gasteiger partial charge >= 0.3 is 0 Å². The maximum Gasteiger partial charge on any atom is 0.275 e. The molecule has 0 atom stereocenters. The second-order valence-corrected chi connectivity index (χ2v) is 6.75. The number of nitrogens with zero attached hydrogens (tertiary/aromatic N) is 2. The number of carbonyl (C=O) groups is 1. The van der Waals surface area contributed by atoms with Gasteiger partial charge in [0.15, 0.2) is 5.13 Å². The lowest BCUT2D eigenvalue weighted by atomic mass is 10.3. The minimum atomic E-state index is -0.227. The van der Waals surface area contributed by atoms with Gasteiger partial charge in [-0.05, 0) is 43.5 Å². The van der Waals surface area contributed by atoms with Crippen molar-refractivity contribution in [2.24, 2.45) is 0 Å². The van der Waals surface area contributed by atoms with E-state index in [1.54, 1.807) is 17.1 Å². The van der Waals surface area contributed by atoms with Crippen LogP contribution in [-0.4, -0.2) is 22.1 Å². The summed E-state index contributed by atoms with van der Waals surface area (Å²) in [5.41, 5.74) is 2.06. The molecule has 3 rings (SSSR count). The SMILES string of the molecule is CSc1cccc(NC(=O)c2csc(Nc3cccc(C)n3)n2)c1. The Bertz CT molecular complexity index is 863. The van der Waals surface area contributed by atoms with Crippen molar-refractivity contribution in [2.45, 2.75) is 11.8 Å². The lowest BCUT2D eigenvalue weighted by Gasteiger charge is -2.05. The summed E-state index contributed by atoms with van der Waals surface area (Å²) in [6.07, 6.45) is 2.00. The third-order valence-corrected chi connectivity index (χ3v) is 4.67. The van der Waals surface area contributed by atoms with Crippen molar-refractivity contribution < 1.29 is 4.79 Å². The van der Waals surface area contributed by atoms with Crippen molar-refractivity contribution in [1.29, 1.82) is 0 Å². The van der Waals surface area contributed by atoms with Gasteiger partial charge in [-0.25, -0.2) is 9.97 Å². The second kappa shape index (κ2) is 7.46. The van der Waals surface area contributed by atoms with Crippen molar-refractivity contribution in [1.82, 2.24) is 9.97 Å². The Kier molecular flexibility index (Phi) is 5.12. The van der Waals surface area contributed by atoms with E-state index in [4.69, 9.17) is 0 Å². The molecule has 0 saturated heterocycles. The Morgan fingerprint density at radius 2 is 2.00 bits per heavy atom. The summed E-state index contributed by atoms with van der Waals surface area (Å²) in [6, 6.07) is 13.4. The molecule has 122 valence electrons. The number of carbonyl (C=O) groups excluding carboxylic acids is 1. The highest BCUT2D eigenvalue weighted by Gasteiger charge is 2.11. The van der Waals surface area contributed by atoms with Gasteiger partial charge in [-0.15, -0.1) is 23.1 Å². The van der Waals surface area contributed by atoms with E-state index in [2.05, 4.69) is 20.6 Å². The van der Waals surface area contributed by atoms with Gasteiger partial charge in [0.2, 0.25) is 0 Å². The molecule has 0 aliphatic rings. The first-order valence-corrected chi connectivity index (χ1v) is 9.36. The number of thiazole rings is 1. The molecule has 0 aliphatic carbocycles. The molecule has 0 saturated carbocycles. The molecule has 0 unspecified atom stereocenters. The van der Waals surface area contributed by atoms with Gasteiger partial charge in [0.1, 0.15) is 11.5 Å². The lowest BCUT2D eigenvalue weighted by molar-refractivity contribution is 0.102. The molecule has 0 bridgehead atoms. The topological polar surface area (TPSA) is 66.9 Å². The fraction of sp³-hybridized carbons (Fsp3) is 0.118. The van der Waals surface area contributed by atoms with Crippen molar-refractivity contribution in [3.63, 3.8) is 0 Å². The van der Waals surface area contributed by atoms with Gasteiger partial charge < -0.3 is 10.6 Å². The summed E-state index contributed by atoms with van der Waals surface area (Å²) in [6.45, 7) is 1.93. The average molecular weight is 356 g/mol. The average Bonchev–Trinajstić information content (AvgIpc) is 3.04. The molecule has 2 aromatic heterocycles. The van der Waals surface area contributed by atoms with Gasteiger partial charge in [-0.1, -0.05) is 12.1 Å². The van der Waals surface area contributed by atoms with Crippen molar-refractivity contribution in [3.8, 4) is 0 Å². The molecule has 0 spiro atoms. The molecule has 1 amide bonds. The highest BCUT2D eigenvalue weighted by atomic mass is 32.2. The molecule has 2 heterocycles. The van der Waals surface area contributed by atoms with E-state index in [1.165, 1.54) is 11.3 Å². The first-order chi connectivity index (χ1) is 11.6. The van der Waals surface area contributed by atoms with E-state index in [-0.39, 0.29) is 5.91 Å². The quantitative estimate of drug-likeness (QED) is 0.656. The molecule has 0 aliphatic heterocycles. The fourth-order valence-electron chi connectivity index (χ4n) is 2.05. The number of pyridine rings is 1. The molecule has 24 heavy (non-hydrogen) atoms. The van der Waals surface area contributed by atoms with Crippen LogP contribution >= 0.6 is 23.1 Å². The summed E-state index contributed by atoms with van der Waals surface area (Å²) in [5, 5.41) is 8.35. The van der Waals surface area contributed by atoms with Gasteiger partial charge in [0.05, 0.1) is 0 Å². The maximum absolute atomic E-state index is 12.3. The number of amides is 1.